The number of hydrogen-bond acceptors (Lipinski definition) is 7. The number of aromatic nitrogens is 8. The van der Waals surface area contributed by atoms with Crippen LogP contribution in [0.25, 0.3) is 152 Å². The molecule has 8 nitrogen and oxygen atoms in total. The highest BCUT2D eigenvalue weighted by Gasteiger charge is 2.43. The Balaban J connectivity index is 0.703. The van der Waals surface area contributed by atoms with Crippen LogP contribution in [0, 0.1) is 0 Å². The summed E-state index contributed by atoms with van der Waals surface area (Å²) >= 11 is 0. The van der Waals surface area contributed by atoms with Gasteiger partial charge >= 0.3 is 0 Å². The standard InChI is InChI=1S/C91H74N8/c1-88(2)55-90(5,6)77-53-71(44-46-75(77)88)85-95-81(93-83(97-85)69-28-17-26-66(50-69)68-43-38-58-22-12-13-23-63(58)49-68)62-41-36-60(37-42-62)64-24-16-25-65(48-64)67-27-18-30-73(51-67)87-92-79-32-14-15-33-80(79)99(87)74-31-19-29-70(52-74)84-94-82(61-39-34-59(35-40-61)57-20-10-9-11-21-57)96-86(98-84)72-45-47-76-78(54-72)91(7,8)56-89(76,3)4/h9-54H,55-56H2,1-8H3. The van der Waals surface area contributed by atoms with Crippen molar-refractivity contribution in [1.29, 1.82) is 0 Å². The molecule has 15 aromatic rings. The van der Waals surface area contributed by atoms with Gasteiger partial charge in [0.05, 0.1) is 11.0 Å². The summed E-state index contributed by atoms with van der Waals surface area (Å²) in [4.78, 5) is 37.1. The van der Waals surface area contributed by atoms with Crippen molar-refractivity contribution < 1.29 is 0 Å². The topological polar surface area (TPSA) is 95.2 Å². The molecule has 2 aliphatic carbocycles. The van der Waals surface area contributed by atoms with Crippen LogP contribution in [0.2, 0.25) is 0 Å². The van der Waals surface area contributed by atoms with Crippen LogP contribution >= 0.6 is 0 Å². The summed E-state index contributed by atoms with van der Waals surface area (Å²) in [6.07, 6.45) is 2.14. The molecule has 8 heteroatoms. The van der Waals surface area contributed by atoms with Crippen molar-refractivity contribution in [2.24, 2.45) is 0 Å². The number of hydrogen-bond donors (Lipinski definition) is 0. The third-order valence-corrected chi connectivity index (χ3v) is 20.7. The fourth-order valence-corrected chi connectivity index (χ4v) is 16.2. The fraction of sp³-hybridized carbons (Fsp3) is 0.154. The van der Waals surface area contributed by atoms with Crippen LogP contribution in [0.15, 0.2) is 279 Å². The van der Waals surface area contributed by atoms with Crippen LogP contribution in [0.4, 0.5) is 0 Å². The third kappa shape index (κ3) is 11.3. The quantitative estimate of drug-likeness (QED) is 0.120. The summed E-state index contributed by atoms with van der Waals surface area (Å²) in [6.45, 7) is 18.8. The molecule has 0 spiro atoms. The molecule has 0 N–H and O–H groups in total. The van der Waals surface area contributed by atoms with E-state index in [0.29, 0.717) is 34.9 Å². The van der Waals surface area contributed by atoms with E-state index in [4.69, 9.17) is 34.9 Å². The molecule has 0 aliphatic heterocycles. The van der Waals surface area contributed by atoms with Crippen LogP contribution in [0.5, 0.6) is 0 Å². The number of fused-ring (bicyclic) bond motifs is 4. The molecule has 3 aromatic heterocycles. The third-order valence-electron chi connectivity index (χ3n) is 20.7. The number of rotatable bonds is 12. The van der Waals surface area contributed by atoms with Crippen molar-refractivity contribution in [3.05, 3.63) is 301 Å². The predicted molar refractivity (Wildman–Crippen MR) is 406 cm³/mol. The molecule has 0 fully saturated rings. The second kappa shape index (κ2) is 23.6. The molecule has 0 amide bonds. The zero-order valence-corrected chi connectivity index (χ0v) is 57.1. The molecule has 2 aliphatic rings. The molecule has 0 bridgehead atoms. The molecule has 0 unspecified atom stereocenters. The Kier molecular flexibility index (Phi) is 14.5. The van der Waals surface area contributed by atoms with Gasteiger partial charge in [-0.1, -0.05) is 274 Å². The highest BCUT2D eigenvalue weighted by Crippen LogP contribution is 2.52. The summed E-state index contributed by atoms with van der Waals surface area (Å²) in [6, 6.07) is 99.4. The fourth-order valence-electron chi connectivity index (χ4n) is 16.2. The molecule has 0 radical (unpaired) electrons. The largest absolute Gasteiger partial charge is 0.292 e. The lowest BCUT2D eigenvalue weighted by Crippen LogP contribution is -2.18. The van der Waals surface area contributed by atoms with Gasteiger partial charge in [0.2, 0.25) is 0 Å². The Labute approximate surface area is 579 Å². The van der Waals surface area contributed by atoms with E-state index in [1.807, 2.05) is 6.07 Å². The Morgan fingerprint density at radius 1 is 0.232 bits per heavy atom. The number of para-hydroxylation sites is 2. The molecule has 0 saturated heterocycles. The van der Waals surface area contributed by atoms with Gasteiger partial charge in [0.25, 0.3) is 0 Å². The summed E-state index contributed by atoms with van der Waals surface area (Å²) in [5.74, 6) is 4.58. The van der Waals surface area contributed by atoms with Crippen molar-refractivity contribution in [2.45, 2.75) is 89.9 Å². The van der Waals surface area contributed by atoms with Crippen LogP contribution in [0.3, 0.4) is 0 Å². The predicted octanol–water partition coefficient (Wildman–Crippen LogP) is 22.8. The lowest BCUT2D eigenvalue weighted by Gasteiger charge is -2.22. The van der Waals surface area contributed by atoms with E-state index in [1.165, 1.54) is 33.0 Å². The average molecular weight is 1280 g/mol. The molecule has 478 valence electrons. The van der Waals surface area contributed by atoms with Gasteiger partial charge in [-0.2, -0.15) is 0 Å². The van der Waals surface area contributed by atoms with E-state index < -0.39 is 0 Å². The number of nitrogens with zero attached hydrogens (tertiary/aromatic N) is 8. The second-order valence-electron chi connectivity index (χ2n) is 29.7. The van der Waals surface area contributed by atoms with Gasteiger partial charge in [0, 0.05) is 44.6 Å². The van der Waals surface area contributed by atoms with Crippen molar-refractivity contribution in [3.8, 4) is 130 Å². The lowest BCUT2D eigenvalue weighted by atomic mass is 9.82. The first kappa shape index (κ1) is 61.0. The molecule has 12 aromatic carbocycles. The highest BCUT2D eigenvalue weighted by molar-refractivity contribution is 5.89. The molecular formula is C91H74N8. The van der Waals surface area contributed by atoms with E-state index in [2.05, 4.69) is 333 Å². The zero-order chi connectivity index (χ0) is 67.4. The summed E-state index contributed by atoms with van der Waals surface area (Å²) in [7, 11) is 0. The molecule has 0 atom stereocenters. The molecule has 99 heavy (non-hydrogen) atoms. The van der Waals surface area contributed by atoms with Gasteiger partial charge in [-0.05, 0) is 173 Å². The smallest absolute Gasteiger partial charge is 0.164 e. The first-order valence-electron chi connectivity index (χ1n) is 34.4. The van der Waals surface area contributed by atoms with E-state index in [-0.39, 0.29) is 21.7 Å². The van der Waals surface area contributed by atoms with E-state index in [9.17, 15) is 0 Å². The minimum absolute atomic E-state index is 0.00400. The summed E-state index contributed by atoms with van der Waals surface area (Å²) in [5, 5.41) is 2.42. The Bertz CT molecular complexity index is 5680. The first-order valence-corrected chi connectivity index (χ1v) is 34.4. The van der Waals surface area contributed by atoms with Gasteiger partial charge in [-0.25, -0.2) is 34.9 Å². The molecule has 17 rings (SSSR count). The summed E-state index contributed by atoms with van der Waals surface area (Å²) in [5.41, 5.74) is 23.9. The van der Waals surface area contributed by atoms with Crippen molar-refractivity contribution in [2.75, 3.05) is 0 Å². The van der Waals surface area contributed by atoms with Crippen LogP contribution in [0.1, 0.15) is 90.5 Å². The minimum Gasteiger partial charge on any atom is -0.292 e. The monoisotopic (exact) mass is 1280 g/mol. The zero-order valence-electron chi connectivity index (χ0n) is 57.1. The van der Waals surface area contributed by atoms with E-state index in [0.717, 1.165) is 119 Å². The van der Waals surface area contributed by atoms with Crippen molar-refractivity contribution >= 4 is 21.8 Å². The van der Waals surface area contributed by atoms with E-state index >= 15 is 0 Å². The van der Waals surface area contributed by atoms with Gasteiger partial charge < -0.3 is 0 Å². The maximum absolute atomic E-state index is 5.38. The normalized spacial score (nSPS) is 14.7. The Hall–Kier alpha value is -11.6. The van der Waals surface area contributed by atoms with Crippen molar-refractivity contribution in [1.82, 2.24) is 39.5 Å². The number of imidazole rings is 1. The SMILES string of the molecule is CC1(C)CC(C)(C)c2cc(-c3nc(-c4ccc(-c5cccc(-c6cccc(-c7nc8ccccc8n7-c7cccc(-c8nc(-c9ccc(-c%10ccccc%10)cc9)nc(-c9ccc%10c(c9)C(C)(C)CC%10(C)C)n8)c7)c6)c5)cc4)nc(-c4cccc(-c5ccc6ccccc6c5)c4)n3)ccc21. The van der Waals surface area contributed by atoms with Crippen LogP contribution in [-0.4, -0.2) is 39.5 Å². The lowest BCUT2D eigenvalue weighted by molar-refractivity contribution is 0.402. The molecule has 0 saturated carbocycles. The van der Waals surface area contributed by atoms with Gasteiger partial charge in [-0.15, -0.1) is 0 Å². The van der Waals surface area contributed by atoms with E-state index in [1.54, 1.807) is 0 Å². The minimum atomic E-state index is 0.00400. The maximum Gasteiger partial charge on any atom is 0.164 e. The molecule has 3 heterocycles. The maximum atomic E-state index is 5.38. The van der Waals surface area contributed by atoms with Gasteiger partial charge in [-0.3, -0.25) is 4.57 Å². The summed E-state index contributed by atoms with van der Waals surface area (Å²) < 4.78 is 2.26. The van der Waals surface area contributed by atoms with Crippen LogP contribution < -0.4 is 0 Å². The van der Waals surface area contributed by atoms with Gasteiger partial charge in [0.15, 0.2) is 34.9 Å². The molecular weight excluding hydrogens is 1210 g/mol. The Morgan fingerprint density at radius 2 is 0.576 bits per heavy atom. The van der Waals surface area contributed by atoms with Gasteiger partial charge in [0.1, 0.15) is 5.82 Å². The average Bonchev–Trinajstić information content (AvgIpc) is 1.60. The highest BCUT2D eigenvalue weighted by atomic mass is 15.1. The van der Waals surface area contributed by atoms with Crippen LogP contribution in [-0.2, 0) is 21.7 Å². The number of benzene rings is 12. The van der Waals surface area contributed by atoms with Crippen molar-refractivity contribution in [3.63, 3.8) is 0 Å². The Morgan fingerprint density at radius 3 is 1.13 bits per heavy atom. The second-order valence-corrected chi connectivity index (χ2v) is 29.7. The first-order chi connectivity index (χ1) is 47.9.